The number of anilines is 1. The monoisotopic (exact) mass is 338 g/mol. The number of carbonyl (C=O) groups is 2. The quantitative estimate of drug-likeness (QED) is 0.694. The highest BCUT2D eigenvalue weighted by Gasteiger charge is 2.37. The van der Waals surface area contributed by atoms with Gasteiger partial charge in [0, 0.05) is 18.0 Å². The molecule has 0 radical (unpaired) electrons. The van der Waals surface area contributed by atoms with E-state index in [0.717, 1.165) is 0 Å². The second-order valence-electron chi connectivity index (χ2n) is 5.74. The van der Waals surface area contributed by atoms with Gasteiger partial charge in [-0.25, -0.2) is 24.3 Å². The van der Waals surface area contributed by atoms with Gasteiger partial charge in [-0.05, 0) is 19.4 Å². The number of nitrogens with one attached hydrogen (secondary N) is 1. The van der Waals surface area contributed by atoms with Gasteiger partial charge in [0.15, 0.2) is 0 Å². The normalized spacial score (nSPS) is 16.0. The first-order chi connectivity index (χ1) is 12.0. The predicted octanol–water partition coefficient (Wildman–Crippen LogP) is 1.01. The Morgan fingerprint density at radius 2 is 2.12 bits per heavy atom. The Morgan fingerprint density at radius 1 is 1.32 bits per heavy atom. The third kappa shape index (κ3) is 2.16. The molecule has 1 unspecified atom stereocenters. The molecule has 0 saturated carbocycles. The predicted molar refractivity (Wildman–Crippen MR) is 86.3 cm³/mol. The number of nitrogens with zero attached hydrogens (tertiary/aromatic N) is 5. The largest absolute Gasteiger partial charge is 0.465 e. The van der Waals surface area contributed by atoms with Crippen molar-refractivity contribution >= 4 is 23.2 Å². The summed E-state index contributed by atoms with van der Waals surface area (Å²) in [6.07, 6.45) is 4.54. The minimum absolute atomic E-state index is 0.240. The van der Waals surface area contributed by atoms with E-state index in [2.05, 4.69) is 25.4 Å². The fourth-order valence-electron chi connectivity index (χ4n) is 3.11. The van der Waals surface area contributed by atoms with Gasteiger partial charge in [0.2, 0.25) is 5.91 Å². The van der Waals surface area contributed by atoms with Crippen LogP contribution in [0.1, 0.15) is 38.9 Å². The molecule has 0 fully saturated rings. The van der Waals surface area contributed by atoms with Crippen LogP contribution in [0.4, 0.5) is 5.82 Å². The average Bonchev–Trinajstić information content (AvgIpc) is 3.10. The van der Waals surface area contributed by atoms with Crippen molar-refractivity contribution in [3.05, 3.63) is 46.9 Å². The molecule has 0 spiro atoms. The second kappa shape index (κ2) is 5.33. The van der Waals surface area contributed by atoms with Crippen LogP contribution in [0.3, 0.4) is 0 Å². The molecule has 4 rings (SSSR count). The lowest BCUT2D eigenvalue weighted by atomic mass is 9.97. The third-order valence-electron chi connectivity index (χ3n) is 4.29. The Kier molecular flexibility index (Phi) is 3.24. The van der Waals surface area contributed by atoms with E-state index >= 15 is 0 Å². The lowest BCUT2D eigenvalue weighted by molar-refractivity contribution is -0.116. The van der Waals surface area contributed by atoms with Crippen LogP contribution in [0.25, 0.3) is 5.52 Å². The van der Waals surface area contributed by atoms with Gasteiger partial charge in [-0.1, -0.05) is 0 Å². The van der Waals surface area contributed by atoms with Crippen molar-refractivity contribution in [1.29, 1.82) is 0 Å². The lowest BCUT2D eigenvalue weighted by Gasteiger charge is -2.10. The Bertz CT molecular complexity index is 1040. The molecule has 0 aliphatic carbocycles. The molecule has 1 atom stereocenters. The number of esters is 1. The number of methoxy groups -OCH3 is 1. The van der Waals surface area contributed by atoms with E-state index in [4.69, 9.17) is 4.74 Å². The SMILES string of the molecule is COC(=O)c1cn2ncnc(C3C(=O)Nc4nc(C)ncc43)c2c1C. The first-order valence-electron chi connectivity index (χ1n) is 7.56. The molecule has 25 heavy (non-hydrogen) atoms. The fraction of sp³-hybridized carbons (Fsp3) is 0.250. The maximum Gasteiger partial charge on any atom is 0.339 e. The van der Waals surface area contributed by atoms with E-state index in [-0.39, 0.29) is 5.91 Å². The summed E-state index contributed by atoms with van der Waals surface area (Å²) in [4.78, 5) is 37.3. The van der Waals surface area contributed by atoms with Crippen LogP contribution in [0.2, 0.25) is 0 Å². The fourth-order valence-corrected chi connectivity index (χ4v) is 3.11. The maximum atomic E-state index is 12.6. The summed E-state index contributed by atoms with van der Waals surface area (Å²) in [5.74, 6) is -0.323. The minimum Gasteiger partial charge on any atom is -0.465 e. The molecule has 126 valence electrons. The summed E-state index contributed by atoms with van der Waals surface area (Å²) in [6, 6.07) is 0. The highest BCUT2D eigenvalue weighted by Crippen LogP contribution is 2.37. The summed E-state index contributed by atoms with van der Waals surface area (Å²) in [5.41, 5.74) is 2.76. The Balaban J connectivity index is 1.95. The Hall–Kier alpha value is -3.36. The molecule has 1 N–H and O–H groups in total. The molecule has 9 nitrogen and oxygen atoms in total. The second-order valence-corrected chi connectivity index (χ2v) is 5.74. The van der Waals surface area contributed by atoms with E-state index in [0.29, 0.717) is 39.5 Å². The molecule has 3 aromatic rings. The maximum absolute atomic E-state index is 12.6. The summed E-state index contributed by atoms with van der Waals surface area (Å²) in [5, 5.41) is 6.90. The van der Waals surface area contributed by atoms with Crippen molar-refractivity contribution < 1.29 is 14.3 Å². The van der Waals surface area contributed by atoms with Gasteiger partial charge in [0.25, 0.3) is 0 Å². The molecular formula is C16H14N6O3. The van der Waals surface area contributed by atoms with Crippen LogP contribution in [-0.4, -0.2) is 43.6 Å². The van der Waals surface area contributed by atoms with Gasteiger partial charge in [-0.15, -0.1) is 0 Å². The number of amides is 1. The number of ether oxygens (including phenoxy) is 1. The number of carbonyl (C=O) groups excluding carboxylic acids is 2. The molecule has 0 bridgehead atoms. The van der Waals surface area contributed by atoms with Crippen molar-refractivity contribution in [3.63, 3.8) is 0 Å². The van der Waals surface area contributed by atoms with Gasteiger partial charge in [-0.2, -0.15) is 5.10 Å². The van der Waals surface area contributed by atoms with Crippen molar-refractivity contribution in [2.45, 2.75) is 19.8 Å². The summed E-state index contributed by atoms with van der Waals surface area (Å²) in [7, 11) is 1.32. The zero-order valence-corrected chi connectivity index (χ0v) is 13.8. The first kappa shape index (κ1) is 15.2. The summed E-state index contributed by atoms with van der Waals surface area (Å²) < 4.78 is 6.33. The van der Waals surface area contributed by atoms with Gasteiger partial charge < -0.3 is 10.1 Å². The van der Waals surface area contributed by atoms with E-state index in [1.54, 1.807) is 26.2 Å². The zero-order valence-electron chi connectivity index (χ0n) is 13.8. The molecule has 1 amide bonds. The Labute approximate surface area is 142 Å². The van der Waals surface area contributed by atoms with Crippen molar-refractivity contribution in [2.24, 2.45) is 0 Å². The van der Waals surface area contributed by atoms with Gasteiger partial charge in [-0.3, -0.25) is 4.79 Å². The van der Waals surface area contributed by atoms with E-state index in [1.165, 1.54) is 18.0 Å². The average molecular weight is 338 g/mol. The number of aryl methyl sites for hydroxylation is 2. The molecule has 3 aromatic heterocycles. The van der Waals surface area contributed by atoms with Crippen molar-refractivity contribution in [2.75, 3.05) is 12.4 Å². The molecule has 1 aliphatic heterocycles. The van der Waals surface area contributed by atoms with Gasteiger partial charge >= 0.3 is 5.97 Å². The highest BCUT2D eigenvalue weighted by atomic mass is 16.5. The molecule has 1 aliphatic rings. The van der Waals surface area contributed by atoms with E-state index < -0.39 is 11.9 Å². The van der Waals surface area contributed by atoms with E-state index in [1.807, 2.05) is 0 Å². The third-order valence-corrected chi connectivity index (χ3v) is 4.29. The number of aromatic nitrogens is 5. The smallest absolute Gasteiger partial charge is 0.339 e. The molecular weight excluding hydrogens is 324 g/mol. The van der Waals surface area contributed by atoms with Gasteiger partial charge in [0.05, 0.1) is 23.9 Å². The number of hydrogen-bond donors (Lipinski definition) is 1. The van der Waals surface area contributed by atoms with Crippen molar-refractivity contribution in [1.82, 2.24) is 24.6 Å². The van der Waals surface area contributed by atoms with Crippen LogP contribution in [0.15, 0.2) is 18.7 Å². The molecule has 0 saturated heterocycles. The topological polar surface area (TPSA) is 111 Å². The number of hydrogen-bond acceptors (Lipinski definition) is 7. The number of rotatable bonds is 2. The van der Waals surface area contributed by atoms with E-state index in [9.17, 15) is 9.59 Å². The summed E-state index contributed by atoms with van der Waals surface area (Å²) in [6.45, 7) is 3.52. The molecule has 9 heteroatoms. The molecule has 0 aromatic carbocycles. The van der Waals surface area contributed by atoms with Crippen molar-refractivity contribution in [3.8, 4) is 0 Å². The van der Waals surface area contributed by atoms with Crippen LogP contribution < -0.4 is 5.32 Å². The summed E-state index contributed by atoms with van der Waals surface area (Å²) >= 11 is 0. The van der Waals surface area contributed by atoms with Crippen LogP contribution in [-0.2, 0) is 9.53 Å². The zero-order chi connectivity index (χ0) is 17.7. The lowest BCUT2D eigenvalue weighted by Crippen LogP contribution is -2.16. The van der Waals surface area contributed by atoms with Crippen LogP contribution >= 0.6 is 0 Å². The first-order valence-corrected chi connectivity index (χ1v) is 7.56. The molecule has 4 heterocycles. The van der Waals surface area contributed by atoms with Crippen LogP contribution in [0.5, 0.6) is 0 Å². The van der Waals surface area contributed by atoms with Crippen LogP contribution in [0, 0.1) is 13.8 Å². The minimum atomic E-state index is -0.666. The van der Waals surface area contributed by atoms with Gasteiger partial charge in [0.1, 0.15) is 23.9 Å². The highest BCUT2D eigenvalue weighted by molar-refractivity contribution is 6.05. The standard InChI is InChI=1S/C16H14N6O3/c1-7-10(16(24)25-3)5-22-13(7)12(18-6-19-22)11-9-4-17-8(2)20-14(9)21-15(11)23/h4-6,11H,1-3H3,(H,17,20,21,23). The number of fused-ring (bicyclic) bond motifs is 2. The Morgan fingerprint density at radius 3 is 2.88 bits per heavy atom.